The molecule has 1 saturated heterocycles. The predicted octanol–water partition coefficient (Wildman–Crippen LogP) is 16.1. The van der Waals surface area contributed by atoms with Crippen LogP contribution in [0.2, 0.25) is 0 Å². The van der Waals surface area contributed by atoms with Gasteiger partial charge in [0.05, 0.1) is 6.61 Å². The van der Waals surface area contributed by atoms with Crippen LogP contribution in [0.15, 0.2) is 72.9 Å². The molecule has 0 aromatic rings. The van der Waals surface area contributed by atoms with Gasteiger partial charge in [0, 0.05) is 19.3 Å². The topological polar surface area (TPSA) is 175 Å². The Morgan fingerprint density at radius 1 is 0.442 bits per heavy atom. The zero-order valence-corrected chi connectivity index (χ0v) is 48.7. The third-order valence-electron chi connectivity index (χ3n) is 13.8. The van der Waals surface area contributed by atoms with Crippen molar-refractivity contribution in [3.63, 3.8) is 0 Å². The number of aliphatic hydroxyl groups is 2. The van der Waals surface area contributed by atoms with Gasteiger partial charge in [-0.05, 0) is 83.5 Å². The number of ether oxygens (including phenoxy) is 5. The highest BCUT2D eigenvalue weighted by atomic mass is 16.7. The summed E-state index contributed by atoms with van der Waals surface area (Å²) in [5.41, 5.74) is 0. The SMILES string of the molecule is CC/C=C\C/C=C\C/C=C\CCCCCCCC(=O)OCC(COC1OC(C(=O)O)C(O)C(O)C1OC(=O)CCCCCCCCCCCCCCCCCCC)OC(=O)CCCCCCC/C=C\C/C=C\C/C=C\CC. The minimum absolute atomic E-state index is 0.0584. The molecule has 1 aliphatic heterocycles. The van der Waals surface area contributed by atoms with Gasteiger partial charge in [0.25, 0.3) is 0 Å². The van der Waals surface area contributed by atoms with E-state index in [1.165, 1.54) is 77.0 Å². The van der Waals surface area contributed by atoms with Gasteiger partial charge in [-0.15, -0.1) is 0 Å². The summed E-state index contributed by atoms with van der Waals surface area (Å²) < 4.78 is 28.5. The standard InChI is InChI=1S/C65H110O12/c1-4-7-10-13-16-19-22-25-28-29-32-35-38-41-44-47-50-53-59(68)76-63-61(70)60(69)62(64(71)72)77-65(63)74-55-56(75-58(67)52-49-46-43-40-37-34-31-27-24-21-18-15-12-9-6-3)54-73-57(66)51-48-45-42-39-36-33-30-26-23-20-17-14-11-8-5-2/h8-9,11-12,17-18,20-21,26-27,30-31,56,60-63,65,69-70H,4-7,10,13-16,19,22-25,28-29,32-55H2,1-3H3,(H,71,72)/b11-8-,12-9-,20-17-,21-18-,30-26-,31-27-. The highest BCUT2D eigenvalue weighted by molar-refractivity contribution is 5.74. The summed E-state index contributed by atoms with van der Waals surface area (Å²) in [6.07, 6.45) is 54.4. The molecular formula is C65H110O12. The number of rotatable bonds is 52. The summed E-state index contributed by atoms with van der Waals surface area (Å²) in [4.78, 5) is 51.2. The van der Waals surface area contributed by atoms with Crippen LogP contribution in [0.3, 0.4) is 0 Å². The Labute approximate surface area is 468 Å². The maximum atomic E-state index is 13.2. The first-order valence-electron chi connectivity index (χ1n) is 30.9. The lowest BCUT2D eigenvalue weighted by Crippen LogP contribution is -2.61. The number of carboxylic acid groups (broad SMARTS) is 1. The van der Waals surface area contributed by atoms with Gasteiger partial charge in [0.2, 0.25) is 0 Å². The summed E-state index contributed by atoms with van der Waals surface area (Å²) >= 11 is 0. The molecule has 0 amide bonds. The largest absolute Gasteiger partial charge is 0.479 e. The molecule has 0 radical (unpaired) electrons. The average Bonchev–Trinajstić information content (AvgIpc) is 3.42. The van der Waals surface area contributed by atoms with Crippen LogP contribution in [0.1, 0.15) is 265 Å². The second-order valence-corrected chi connectivity index (χ2v) is 20.9. The van der Waals surface area contributed by atoms with Gasteiger partial charge in [-0.3, -0.25) is 14.4 Å². The Morgan fingerprint density at radius 3 is 1.25 bits per heavy atom. The molecule has 0 saturated carbocycles. The second-order valence-electron chi connectivity index (χ2n) is 20.9. The van der Waals surface area contributed by atoms with E-state index in [4.69, 9.17) is 23.7 Å². The van der Waals surface area contributed by atoms with E-state index in [-0.39, 0.29) is 25.9 Å². The van der Waals surface area contributed by atoms with Gasteiger partial charge in [0.15, 0.2) is 24.6 Å². The molecule has 442 valence electrons. The quantitative estimate of drug-likeness (QED) is 0.0228. The lowest BCUT2D eigenvalue weighted by molar-refractivity contribution is -0.301. The van der Waals surface area contributed by atoms with E-state index in [1.807, 2.05) is 0 Å². The van der Waals surface area contributed by atoms with Crippen LogP contribution in [0.5, 0.6) is 0 Å². The average molecular weight is 1080 g/mol. The molecule has 1 aliphatic rings. The molecule has 0 spiro atoms. The zero-order chi connectivity index (χ0) is 56.1. The van der Waals surface area contributed by atoms with Crippen LogP contribution in [-0.2, 0) is 42.9 Å². The van der Waals surface area contributed by atoms with Gasteiger partial charge in [0.1, 0.15) is 18.8 Å². The Kier molecular flexibility index (Phi) is 48.8. The van der Waals surface area contributed by atoms with E-state index in [2.05, 4.69) is 93.7 Å². The number of hydrogen-bond donors (Lipinski definition) is 3. The fourth-order valence-electron chi connectivity index (χ4n) is 9.10. The smallest absolute Gasteiger partial charge is 0.335 e. The molecule has 12 heteroatoms. The van der Waals surface area contributed by atoms with Crippen molar-refractivity contribution in [3.8, 4) is 0 Å². The van der Waals surface area contributed by atoms with E-state index in [0.29, 0.717) is 19.3 Å². The highest BCUT2D eigenvalue weighted by Gasteiger charge is 2.50. The Balaban J connectivity index is 2.69. The monoisotopic (exact) mass is 1080 g/mol. The number of carboxylic acids is 1. The van der Waals surface area contributed by atoms with Crippen molar-refractivity contribution < 1.29 is 58.2 Å². The van der Waals surface area contributed by atoms with Crippen molar-refractivity contribution in [3.05, 3.63) is 72.9 Å². The number of allylic oxidation sites excluding steroid dienone is 12. The number of carbonyl (C=O) groups is 4. The summed E-state index contributed by atoms with van der Waals surface area (Å²) in [7, 11) is 0. The van der Waals surface area contributed by atoms with E-state index < -0.39 is 67.3 Å². The maximum absolute atomic E-state index is 13.2. The number of aliphatic hydroxyl groups excluding tert-OH is 2. The van der Waals surface area contributed by atoms with Crippen LogP contribution in [0.4, 0.5) is 0 Å². The number of hydrogen-bond acceptors (Lipinski definition) is 11. The molecule has 0 aromatic carbocycles. The lowest BCUT2D eigenvalue weighted by atomic mass is 9.98. The van der Waals surface area contributed by atoms with Crippen LogP contribution in [0.25, 0.3) is 0 Å². The molecule has 0 aliphatic carbocycles. The first-order valence-corrected chi connectivity index (χ1v) is 30.9. The van der Waals surface area contributed by atoms with Gasteiger partial charge in [-0.1, -0.05) is 235 Å². The second kappa shape index (κ2) is 52.8. The van der Waals surface area contributed by atoms with Crippen LogP contribution in [0, 0.1) is 0 Å². The Morgan fingerprint density at radius 2 is 0.818 bits per heavy atom. The van der Waals surface area contributed by atoms with Gasteiger partial charge in [-0.25, -0.2) is 4.79 Å². The molecule has 0 aromatic heterocycles. The molecule has 6 atom stereocenters. The highest BCUT2D eigenvalue weighted by Crippen LogP contribution is 2.26. The van der Waals surface area contributed by atoms with Gasteiger partial charge in [-0.2, -0.15) is 0 Å². The molecule has 0 bridgehead atoms. The minimum atomic E-state index is -1.91. The maximum Gasteiger partial charge on any atom is 0.335 e. The number of unbranched alkanes of at least 4 members (excludes halogenated alkanes) is 26. The third kappa shape index (κ3) is 42.7. The van der Waals surface area contributed by atoms with E-state index in [0.717, 1.165) is 128 Å². The Bertz CT molecular complexity index is 1620. The minimum Gasteiger partial charge on any atom is -0.479 e. The van der Waals surface area contributed by atoms with Crippen molar-refractivity contribution in [2.24, 2.45) is 0 Å². The van der Waals surface area contributed by atoms with Crippen molar-refractivity contribution in [2.45, 2.75) is 302 Å². The third-order valence-corrected chi connectivity index (χ3v) is 13.8. The van der Waals surface area contributed by atoms with Crippen molar-refractivity contribution >= 4 is 23.9 Å². The molecular weight excluding hydrogens is 973 g/mol. The molecule has 1 fully saturated rings. The molecule has 1 rings (SSSR count). The van der Waals surface area contributed by atoms with Crippen LogP contribution >= 0.6 is 0 Å². The van der Waals surface area contributed by atoms with Crippen molar-refractivity contribution in [2.75, 3.05) is 13.2 Å². The first-order chi connectivity index (χ1) is 37.6. The molecule has 12 nitrogen and oxygen atoms in total. The molecule has 6 unspecified atom stereocenters. The summed E-state index contributed by atoms with van der Waals surface area (Å²) in [6, 6.07) is 0. The fourth-order valence-corrected chi connectivity index (χ4v) is 9.10. The van der Waals surface area contributed by atoms with E-state index in [1.54, 1.807) is 0 Å². The summed E-state index contributed by atoms with van der Waals surface area (Å²) in [5.74, 6) is -3.15. The predicted molar refractivity (Wildman–Crippen MR) is 312 cm³/mol. The normalized spacial score (nSPS) is 18.5. The number of carbonyl (C=O) groups excluding carboxylic acids is 3. The molecule has 1 heterocycles. The zero-order valence-electron chi connectivity index (χ0n) is 48.7. The van der Waals surface area contributed by atoms with E-state index in [9.17, 15) is 34.5 Å². The fraction of sp³-hybridized carbons (Fsp3) is 0.754. The van der Waals surface area contributed by atoms with Crippen molar-refractivity contribution in [1.29, 1.82) is 0 Å². The summed E-state index contributed by atoms with van der Waals surface area (Å²) in [5, 5.41) is 31.5. The van der Waals surface area contributed by atoms with Crippen molar-refractivity contribution in [1.82, 2.24) is 0 Å². The van der Waals surface area contributed by atoms with Crippen LogP contribution in [-0.4, -0.2) is 89.2 Å². The summed E-state index contributed by atoms with van der Waals surface area (Å²) in [6.45, 7) is 5.76. The molecule has 77 heavy (non-hydrogen) atoms. The lowest BCUT2D eigenvalue weighted by Gasteiger charge is -2.40. The van der Waals surface area contributed by atoms with E-state index >= 15 is 0 Å². The van der Waals surface area contributed by atoms with Gasteiger partial charge < -0.3 is 39.0 Å². The van der Waals surface area contributed by atoms with Crippen LogP contribution < -0.4 is 0 Å². The van der Waals surface area contributed by atoms with Gasteiger partial charge >= 0.3 is 23.9 Å². The number of aliphatic carboxylic acids is 1. The molecule has 3 N–H and O–H groups in total. The number of esters is 3. The Hall–Kier alpha value is -3.84. The first kappa shape index (κ1) is 71.2.